The first-order chi connectivity index (χ1) is 18.4. The van der Waals surface area contributed by atoms with E-state index in [1.165, 1.54) is 11.0 Å². The van der Waals surface area contributed by atoms with E-state index in [0.29, 0.717) is 54.0 Å². The van der Waals surface area contributed by atoms with Crippen molar-refractivity contribution in [2.45, 2.75) is 40.5 Å². The number of anilines is 1. The Morgan fingerprint density at radius 1 is 0.816 bits per heavy atom. The molecule has 0 fully saturated rings. The molecule has 204 valence electrons. The lowest BCUT2D eigenvalue weighted by atomic mass is 10.1. The van der Waals surface area contributed by atoms with E-state index in [9.17, 15) is 0 Å². The first-order valence-electron chi connectivity index (χ1n) is 12.7. The van der Waals surface area contributed by atoms with Crippen molar-refractivity contribution < 1.29 is 18.9 Å². The van der Waals surface area contributed by atoms with Gasteiger partial charge in [0.1, 0.15) is 6.33 Å². The fourth-order valence-corrected chi connectivity index (χ4v) is 3.26. The molecule has 0 aliphatic carbocycles. The molecule has 10 nitrogen and oxygen atoms in total. The maximum Gasteiger partial charge on any atom is 0.265 e. The van der Waals surface area contributed by atoms with Crippen molar-refractivity contribution in [3.05, 3.63) is 53.9 Å². The van der Waals surface area contributed by atoms with Crippen LogP contribution in [0.15, 0.2) is 52.9 Å². The molecule has 0 aliphatic rings. The number of hydrogen-bond donors (Lipinski definition) is 1. The minimum absolute atomic E-state index is 0.360. The predicted molar refractivity (Wildman–Crippen MR) is 150 cm³/mol. The highest BCUT2D eigenvalue weighted by molar-refractivity contribution is 5.82. The minimum atomic E-state index is 0.360. The standard InChI is InChI=1S/C28H38N6O4/c1-20(2)11-13-37-24-9-7-22(15-26(24)35-5)17-29-32-28-33-30-19-34(28)31-18-23-8-10-25(27(16-23)36-6)38-14-12-21(3)4/h7-10,15-21H,11-14H2,1-6H3,(H,32,33)/b29-17+,31-18+. The summed E-state index contributed by atoms with van der Waals surface area (Å²) in [5, 5.41) is 16.6. The van der Waals surface area contributed by atoms with Crippen LogP contribution >= 0.6 is 0 Å². The van der Waals surface area contributed by atoms with Gasteiger partial charge in [-0.05, 0) is 72.2 Å². The monoisotopic (exact) mass is 522 g/mol. The van der Waals surface area contributed by atoms with Crippen LogP contribution in [-0.4, -0.2) is 54.7 Å². The van der Waals surface area contributed by atoms with Gasteiger partial charge in [0, 0.05) is 0 Å². The van der Waals surface area contributed by atoms with Gasteiger partial charge < -0.3 is 18.9 Å². The number of hydrazone groups is 1. The largest absolute Gasteiger partial charge is 0.493 e. The summed E-state index contributed by atoms with van der Waals surface area (Å²) in [6.07, 6.45) is 6.78. The normalized spacial score (nSPS) is 11.6. The third-order valence-corrected chi connectivity index (χ3v) is 5.52. The van der Waals surface area contributed by atoms with E-state index in [1.54, 1.807) is 26.6 Å². The molecule has 0 atom stereocenters. The molecule has 1 N–H and O–H groups in total. The number of benzene rings is 2. The lowest BCUT2D eigenvalue weighted by Crippen LogP contribution is -2.03. The van der Waals surface area contributed by atoms with Gasteiger partial charge in [-0.2, -0.15) is 14.9 Å². The Labute approximate surface area is 224 Å². The van der Waals surface area contributed by atoms with Gasteiger partial charge in [-0.25, -0.2) is 5.43 Å². The van der Waals surface area contributed by atoms with E-state index in [0.717, 1.165) is 24.0 Å². The van der Waals surface area contributed by atoms with Gasteiger partial charge in [0.2, 0.25) is 0 Å². The number of nitrogens with zero attached hydrogens (tertiary/aromatic N) is 5. The van der Waals surface area contributed by atoms with Crippen molar-refractivity contribution in [1.29, 1.82) is 0 Å². The van der Waals surface area contributed by atoms with Crippen LogP contribution in [0.25, 0.3) is 0 Å². The maximum atomic E-state index is 5.86. The molecular weight excluding hydrogens is 484 g/mol. The SMILES string of the molecule is COc1cc(/C=N/Nc2nncn2/N=C/c2ccc(OCCC(C)C)c(OC)c2)ccc1OCCC(C)C. The quantitative estimate of drug-likeness (QED) is 0.208. The van der Waals surface area contributed by atoms with Crippen LogP contribution in [0.3, 0.4) is 0 Å². The second kappa shape index (κ2) is 14.6. The number of hydrogen-bond acceptors (Lipinski definition) is 9. The molecule has 0 aliphatic heterocycles. The minimum Gasteiger partial charge on any atom is -0.493 e. The predicted octanol–water partition coefficient (Wildman–Crippen LogP) is 5.47. The highest BCUT2D eigenvalue weighted by Gasteiger charge is 2.08. The zero-order valence-electron chi connectivity index (χ0n) is 23.0. The van der Waals surface area contributed by atoms with Crippen LogP contribution in [0.4, 0.5) is 5.95 Å². The van der Waals surface area contributed by atoms with Gasteiger partial charge in [0.05, 0.1) is 39.9 Å². The molecule has 0 radical (unpaired) electrons. The Hall–Kier alpha value is -4.08. The van der Waals surface area contributed by atoms with Gasteiger partial charge in [0.25, 0.3) is 5.95 Å². The zero-order chi connectivity index (χ0) is 27.3. The van der Waals surface area contributed by atoms with Crippen LogP contribution in [0.5, 0.6) is 23.0 Å². The Morgan fingerprint density at radius 3 is 1.89 bits per heavy atom. The lowest BCUT2D eigenvalue weighted by molar-refractivity contribution is 0.273. The van der Waals surface area contributed by atoms with E-state index in [1.807, 2.05) is 36.4 Å². The smallest absolute Gasteiger partial charge is 0.265 e. The Kier molecular flexibility index (Phi) is 11.0. The molecule has 38 heavy (non-hydrogen) atoms. The van der Waals surface area contributed by atoms with Crippen LogP contribution in [0.1, 0.15) is 51.7 Å². The molecule has 0 amide bonds. The number of ether oxygens (including phenoxy) is 4. The summed E-state index contributed by atoms with van der Waals surface area (Å²) in [5.41, 5.74) is 4.54. The summed E-state index contributed by atoms with van der Waals surface area (Å²) >= 11 is 0. The fraction of sp³-hybridized carbons (Fsp3) is 0.429. The number of nitrogens with one attached hydrogen (secondary N) is 1. The Balaban J connectivity index is 1.61. The first kappa shape index (κ1) is 28.5. The molecule has 0 saturated carbocycles. The summed E-state index contributed by atoms with van der Waals surface area (Å²) in [6, 6.07) is 11.3. The van der Waals surface area contributed by atoms with Gasteiger partial charge in [-0.3, -0.25) is 0 Å². The first-order valence-corrected chi connectivity index (χ1v) is 12.7. The molecular formula is C28H38N6O4. The van der Waals surface area contributed by atoms with E-state index >= 15 is 0 Å². The lowest BCUT2D eigenvalue weighted by Gasteiger charge is -2.12. The second-order valence-electron chi connectivity index (χ2n) is 9.50. The van der Waals surface area contributed by atoms with Gasteiger partial charge in [-0.1, -0.05) is 27.7 Å². The molecule has 0 bridgehead atoms. The van der Waals surface area contributed by atoms with E-state index in [4.69, 9.17) is 18.9 Å². The van der Waals surface area contributed by atoms with E-state index in [-0.39, 0.29) is 0 Å². The van der Waals surface area contributed by atoms with Gasteiger partial charge >= 0.3 is 0 Å². The average molecular weight is 523 g/mol. The molecule has 2 aromatic carbocycles. The Bertz CT molecular complexity index is 1210. The molecule has 1 aromatic heterocycles. The zero-order valence-corrected chi connectivity index (χ0v) is 23.0. The number of rotatable bonds is 15. The van der Waals surface area contributed by atoms with E-state index < -0.39 is 0 Å². The highest BCUT2D eigenvalue weighted by atomic mass is 16.5. The van der Waals surface area contributed by atoms with Crippen LogP contribution in [0.2, 0.25) is 0 Å². The third kappa shape index (κ3) is 8.79. The van der Waals surface area contributed by atoms with Crippen LogP contribution in [-0.2, 0) is 0 Å². The summed E-state index contributed by atoms with van der Waals surface area (Å²) in [4.78, 5) is 0. The van der Waals surface area contributed by atoms with Gasteiger partial charge in [-0.15, -0.1) is 10.2 Å². The summed E-state index contributed by atoms with van der Waals surface area (Å²) in [6.45, 7) is 9.94. The summed E-state index contributed by atoms with van der Waals surface area (Å²) < 4.78 is 24.1. The van der Waals surface area contributed by atoms with Gasteiger partial charge in [0.15, 0.2) is 23.0 Å². The highest BCUT2D eigenvalue weighted by Crippen LogP contribution is 2.29. The van der Waals surface area contributed by atoms with Crippen molar-refractivity contribution >= 4 is 18.4 Å². The molecule has 0 spiro atoms. The average Bonchev–Trinajstić information content (AvgIpc) is 3.35. The van der Waals surface area contributed by atoms with Crippen molar-refractivity contribution in [3.63, 3.8) is 0 Å². The van der Waals surface area contributed by atoms with E-state index in [2.05, 4.69) is 53.5 Å². The summed E-state index contributed by atoms with van der Waals surface area (Å²) in [7, 11) is 3.24. The Morgan fingerprint density at radius 2 is 1.37 bits per heavy atom. The molecule has 10 heteroatoms. The number of methoxy groups -OCH3 is 2. The van der Waals surface area contributed by atoms with Crippen molar-refractivity contribution in [1.82, 2.24) is 14.9 Å². The maximum absolute atomic E-state index is 5.86. The third-order valence-electron chi connectivity index (χ3n) is 5.52. The molecule has 0 saturated heterocycles. The van der Waals surface area contributed by atoms with Crippen molar-refractivity contribution in [3.8, 4) is 23.0 Å². The summed E-state index contributed by atoms with van der Waals surface area (Å²) in [5.74, 6) is 4.22. The molecule has 1 heterocycles. The topological polar surface area (TPSA) is 104 Å². The van der Waals surface area contributed by atoms with Crippen molar-refractivity contribution in [2.75, 3.05) is 32.9 Å². The number of aromatic nitrogens is 3. The fourth-order valence-electron chi connectivity index (χ4n) is 3.26. The molecule has 3 rings (SSSR count). The van der Waals surface area contributed by atoms with Crippen LogP contribution < -0.4 is 24.4 Å². The molecule has 0 unspecified atom stereocenters. The second-order valence-corrected chi connectivity index (χ2v) is 9.50. The molecule has 3 aromatic rings. The van der Waals surface area contributed by atoms with Crippen molar-refractivity contribution in [2.24, 2.45) is 22.0 Å². The van der Waals surface area contributed by atoms with Crippen LogP contribution in [0, 0.1) is 11.8 Å².